The largest absolute Gasteiger partial charge is 0.384 e. The standard InChI is InChI=1S/C16H16F2O/c1-2-11-5-3-6-12(9-11)15(19)13-7-4-8-14(10-13)16(17)18/h3-10,15-16,19H,2H2,1H3. The van der Waals surface area contributed by atoms with Gasteiger partial charge in [-0.2, -0.15) is 0 Å². The SMILES string of the molecule is CCc1cccc(C(O)c2cccc(C(F)F)c2)c1. The van der Waals surface area contributed by atoms with Crippen LogP contribution in [0.25, 0.3) is 0 Å². The van der Waals surface area contributed by atoms with E-state index in [4.69, 9.17) is 0 Å². The van der Waals surface area contributed by atoms with Gasteiger partial charge in [0.1, 0.15) is 6.10 Å². The molecule has 2 rings (SSSR count). The van der Waals surface area contributed by atoms with Gasteiger partial charge in [-0.05, 0) is 29.2 Å². The summed E-state index contributed by atoms with van der Waals surface area (Å²) in [7, 11) is 0. The van der Waals surface area contributed by atoms with E-state index in [-0.39, 0.29) is 5.56 Å². The number of aryl methyl sites for hydroxylation is 1. The number of rotatable bonds is 4. The van der Waals surface area contributed by atoms with Crippen molar-refractivity contribution in [3.63, 3.8) is 0 Å². The van der Waals surface area contributed by atoms with Crippen LogP contribution in [0.4, 0.5) is 8.78 Å². The first kappa shape index (κ1) is 13.7. The van der Waals surface area contributed by atoms with E-state index in [2.05, 4.69) is 0 Å². The Morgan fingerprint density at radius 2 is 1.53 bits per heavy atom. The topological polar surface area (TPSA) is 20.2 Å². The van der Waals surface area contributed by atoms with Crippen LogP contribution in [0, 0.1) is 0 Å². The fourth-order valence-electron chi connectivity index (χ4n) is 2.04. The van der Waals surface area contributed by atoms with Crippen molar-refractivity contribution in [3.8, 4) is 0 Å². The van der Waals surface area contributed by atoms with Crippen LogP contribution >= 0.6 is 0 Å². The van der Waals surface area contributed by atoms with Gasteiger partial charge in [0.05, 0.1) is 0 Å². The number of aliphatic hydroxyl groups is 1. The Labute approximate surface area is 111 Å². The lowest BCUT2D eigenvalue weighted by molar-refractivity contribution is 0.150. The van der Waals surface area contributed by atoms with Crippen LogP contribution in [0.1, 0.15) is 41.7 Å². The number of halogens is 2. The minimum absolute atomic E-state index is 0.0665. The lowest BCUT2D eigenvalue weighted by atomic mass is 9.98. The molecule has 0 heterocycles. The second-order valence-electron chi connectivity index (χ2n) is 4.47. The molecule has 2 aromatic carbocycles. The fourth-order valence-corrected chi connectivity index (χ4v) is 2.04. The molecule has 0 fully saturated rings. The third kappa shape index (κ3) is 3.18. The van der Waals surface area contributed by atoms with Crippen molar-refractivity contribution in [3.05, 3.63) is 70.8 Å². The highest BCUT2D eigenvalue weighted by molar-refractivity contribution is 5.34. The van der Waals surface area contributed by atoms with Crippen LogP contribution in [0.2, 0.25) is 0 Å². The maximum atomic E-state index is 12.6. The molecule has 0 aliphatic heterocycles. The third-order valence-electron chi connectivity index (χ3n) is 3.15. The van der Waals surface area contributed by atoms with E-state index in [0.29, 0.717) is 5.56 Å². The van der Waals surface area contributed by atoms with E-state index in [1.807, 2.05) is 25.1 Å². The van der Waals surface area contributed by atoms with Crippen LogP contribution in [-0.4, -0.2) is 5.11 Å². The van der Waals surface area contributed by atoms with Gasteiger partial charge in [-0.25, -0.2) is 8.78 Å². The Kier molecular flexibility index (Phi) is 4.27. The Bertz CT molecular complexity index is 552. The molecule has 0 bridgehead atoms. The lowest BCUT2D eigenvalue weighted by Gasteiger charge is -2.13. The molecule has 1 unspecified atom stereocenters. The number of alkyl halides is 2. The predicted octanol–water partition coefficient (Wildman–Crippen LogP) is 4.27. The van der Waals surface area contributed by atoms with Crippen LogP contribution < -0.4 is 0 Å². The first-order valence-corrected chi connectivity index (χ1v) is 6.26. The van der Waals surface area contributed by atoms with Gasteiger partial charge in [0.2, 0.25) is 0 Å². The molecular weight excluding hydrogens is 246 g/mol. The molecule has 1 N–H and O–H groups in total. The molecule has 0 radical (unpaired) electrons. The van der Waals surface area contributed by atoms with Crippen LogP contribution in [0.3, 0.4) is 0 Å². The minimum atomic E-state index is -2.52. The molecule has 1 nitrogen and oxygen atoms in total. The second kappa shape index (κ2) is 5.93. The normalized spacial score (nSPS) is 12.7. The molecular formula is C16H16F2O. The summed E-state index contributed by atoms with van der Waals surface area (Å²) in [5, 5.41) is 10.3. The van der Waals surface area contributed by atoms with Gasteiger partial charge >= 0.3 is 0 Å². The first-order valence-electron chi connectivity index (χ1n) is 6.26. The van der Waals surface area contributed by atoms with Gasteiger partial charge < -0.3 is 5.11 Å². The summed E-state index contributed by atoms with van der Waals surface area (Å²) in [6, 6.07) is 13.5. The molecule has 2 aromatic rings. The monoisotopic (exact) mass is 262 g/mol. The van der Waals surface area contributed by atoms with Gasteiger partial charge in [-0.3, -0.25) is 0 Å². The summed E-state index contributed by atoms with van der Waals surface area (Å²) in [5.41, 5.74) is 2.27. The van der Waals surface area contributed by atoms with E-state index in [1.165, 1.54) is 12.1 Å². The zero-order valence-electron chi connectivity index (χ0n) is 10.7. The van der Waals surface area contributed by atoms with Crippen LogP contribution in [0.5, 0.6) is 0 Å². The molecule has 100 valence electrons. The van der Waals surface area contributed by atoms with Crippen molar-refractivity contribution >= 4 is 0 Å². The van der Waals surface area contributed by atoms with E-state index < -0.39 is 12.5 Å². The third-order valence-corrected chi connectivity index (χ3v) is 3.15. The Balaban J connectivity index is 2.32. The summed E-state index contributed by atoms with van der Waals surface area (Å²) < 4.78 is 25.3. The number of benzene rings is 2. The van der Waals surface area contributed by atoms with Gasteiger partial charge in [0.15, 0.2) is 0 Å². The van der Waals surface area contributed by atoms with Crippen molar-refractivity contribution in [1.29, 1.82) is 0 Å². The van der Waals surface area contributed by atoms with E-state index in [9.17, 15) is 13.9 Å². The van der Waals surface area contributed by atoms with Crippen LogP contribution in [0.15, 0.2) is 48.5 Å². The lowest BCUT2D eigenvalue weighted by Crippen LogP contribution is -2.01. The molecule has 0 saturated carbocycles. The average molecular weight is 262 g/mol. The highest BCUT2D eigenvalue weighted by Gasteiger charge is 2.14. The van der Waals surface area contributed by atoms with E-state index in [1.54, 1.807) is 18.2 Å². The van der Waals surface area contributed by atoms with Gasteiger partial charge in [-0.15, -0.1) is 0 Å². The predicted molar refractivity (Wildman–Crippen MR) is 71.3 cm³/mol. The fraction of sp³-hybridized carbons (Fsp3) is 0.250. The first-order chi connectivity index (χ1) is 9.11. The maximum absolute atomic E-state index is 12.6. The van der Waals surface area contributed by atoms with Crippen molar-refractivity contribution in [2.75, 3.05) is 0 Å². The summed E-state index contributed by atoms with van der Waals surface area (Å²) in [6.07, 6.45) is -2.52. The quantitative estimate of drug-likeness (QED) is 0.872. The highest BCUT2D eigenvalue weighted by Crippen LogP contribution is 2.26. The molecule has 0 saturated heterocycles. The average Bonchev–Trinajstić information content (AvgIpc) is 2.46. The molecule has 0 aliphatic carbocycles. The summed E-state index contributed by atoms with van der Waals surface area (Å²) in [6.45, 7) is 2.03. The highest BCUT2D eigenvalue weighted by atomic mass is 19.3. The molecule has 0 aliphatic rings. The van der Waals surface area contributed by atoms with Crippen molar-refractivity contribution in [2.24, 2.45) is 0 Å². The van der Waals surface area contributed by atoms with E-state index in [0.717, 1.165) is 17.5 Å². The van der Waals surface area contributed by atoms with Crippen molar-refractivity contribution < 1.29 is 13.9 Å². The minimum Gasteiger partial charge on any atom is -0.384 e. The molecule has 3 heteroatoms. The molecule has 19 heavy (non-hydrogen) atoms. The zero-order chi connectivity index (χ0) is 13.8. The molecule has 0 spiro atoms. The van der Waals surface area contributed by atoms with Gasteiger partial charge in [0.25, 0.3) is 6.43 Å². The number of hydrogen-bond donors (Lipinski definition) is 1. The van der Waals surface area contributed by atoms with E-state index >= 15 is 0 Å². The molecule has 1 atom stereocenters. The zero-order valence-corrected chi connectivity index (χ0v) is 10.7. The molecule has 0 amide bonds. The number of aliphatic hydroxyl groups excluding tert-OH is 1. The summed E-state index contributed by atoms with van der Waals surface area (Å²) in [5.74, 6) is 0. The second-order valence-corrected chi connectivity index (χ2v) is 4.47. The summed E-state index contributed by atoms with van der Waals surface area (Å²) in [4.78, 5) is 0. The summed E-state index contributed by atoms with van der Waals surface area (Å²) >= 11 is 0. The molecule has 0 aromatic heterocycles. The maximum Gasteiger partial charge on any atom is 0.263 e. The van der Waals surface area contributed by atoms with Crippen molar-refractivity contribution in [2.45, 2.75) is 25.9 Å². The van der Waals surface area contributed by atoms with Crippen LogP contribution in [-0.2, 0) is 6.42 Å². The smallest absolute Gasteiger partial charge is 0.263 e. The Morgan fingerprint density at radius 3 is 2.16 bits per heavy atom. The van der Waals surface area contributed by atoms with Gasteiger partial charge in [0, 0.05) is 5.56 Å². The Morgan fingerprint density at radius 1 is 0.947 bits per heavy atom. The van der Waals surface area contributed by atoms with Gasteiger partial charge in [-0.1, -0.05) is 49.4 Å². The Hall–Kier alpha value is -1.74. The van der Waals surface area contributed by atoms with Crippen molar-refractivity contribution in [1.82, 2.24) is 0 Å². The number of hydrogen-bond acceptors (Lipinski definition) is 1.